The Morgan fingerprint density at radius 3 is 1.87 bits per heavy atom. The van der Waals surface area contributed by atoms with Gasteiger partial charge in [0.15, 0.2) is 0 Å². The first kappa shape index (κ1) is 28.7. The van der Waals surface area contributed by atoms with Crippen molar-refractivity contribution in [1.29, 1.82) is 0 Å². The molecule has 0 aliphatic heterocycles. The molecule has 0 spiro atoms. The molecule has 0 radical (unpaired) electrons. The van der Waals surface area contributed by atoms with Gasteiger partial charge in [0.05, 0.1) is 12.5 Å². The fourth-order valence-corrected chi connectivity index (χ4v) is 2.94. The van der Waals surface area contributed by atoms with Crippen LogP contribution < -0.4 is 21.7 Å². The van der Waals surface area contributed by atoms with Crippen molar-refractivity contribution in [2.45, 2.75) is 71.1 Å². The number of carbonyl (C=O) groups is 5. The first-order chi connectivity index (χ1) is 14.3. The molecule has 0 saturated carbocycles. The lowest BCUT2D eigenvalue weighted by molar-refractivity contribution is -0.147. The molecule has 0 bridgehead atoms. The van der Waals surface area contributed by atoms with E-state index in [0.717, 1.165) is 0 Å². The molecule has 0 aromatic rings. The van der Waals surface area contributed by atoms with Crippen LogP contribution in [0.3, 0.4) is 0 Å². The highest BCUT2D eigenvalue weighted by molar-refractivity contribution is 7.80. The van der Waals surface area contributed by atoms with Gasteiger partial charge in [-0.3, -0.25) is 19.2 Å². The van der Waals surface area contributed by atoms with E-state index in [0.29, 0.717) is 12.8 Å². The number of amides is 3. The number of thiol groups is 1. The molecule has 12 heteroatoms. The van der Waals surface area contributed by atoms with Crippen molar-refractivity contribution in [1.82, 2.24) is 16.0 Å². The Balaban J connectivity index is 5.33. The van der Waals surface area contributed by atoms with Gasteiger partial charge in [0.2, 0.25) is 17.7 Å². The molecular formula is C19H34N4O7S. The molecule has 0 aromatic carbocycles. The van der Waals surface area contributed by atoms with E-state index in [1.54, 1.807) is 13.8 Å². The van der Waals surface area contributed by atoms with Crippen LogP contribution in [0.4, 0.5) is 0 Å². The Labute approximate surface area is 187 Å². The summed E-state index contributed by atoms with van der Waals surface area (Å²) in [6, 6.07) is -4.67. The highest BCUT2D eigenvalue weighted by atomic mass is 32.1. The highest BCUT2D eigenvalue weighted by Gasteiger charge is 2.33. The monoisotopic (exact) mass is 462 g/mol. The van der Waals surface area contributed by atoms with Crippen LogP contribution in [0, 0.1) is 11.8 Å². The maximum Gasteiger partial charge on any atom is 0.326 e. The molecule has 0 aliphatic carbocycles. The standard InChI is InChI=1S/C19H34N4O7S/c1-5-10(4)15(18(28)21-12(19(29)30)7-14(24)25)23-17(27)13(8-31)22-16(26)11(20)6-9(2)3/h9-13,15,31H,5-8,20H2,1-4H3,(H,21,28)(H,22,26)(H,23,27)(H,24,25)(H,29,30). The molecule has 178 valence electrons. The summed E-state index contributed by atoms with van der Waals surface area (Å²) in [7, 11) is 0. The van der Waals surface area contributed by atoms with Gasteiger partial charge in [-0.25, -0.2) is 4.79 Å². The Morgan fingerprint density at radius 1 is 0.903 bits per heavy atom. The Morgan fingerprint density at radius 2 is 1.45 bits per heavy atom. The van der Waals surface area contributed by atoms with E-state index in [-0.39, 0.29) is 11.7 Å². The van der Waals surface area contributed by atoms with Gasteiger partial charge in [-0.15, -0.1) is 0 Å². The molecule has 5 atom stereocenters. The number of carbonyl (C=O) groups excluding carboxylic acids is 3. The van der Waals surface area contributed by atoms with Crippen LogP contribution in [0.1, 0.15) is 47.0 Å². The van der Waals surface area contributed by atoms with Crippen LogP contribution in [0.2, 0.25) is 0 Å². The number of aliphatic carboxylic acids is 2. The van der Waals surface area contributed by atoms with E-state index in [4.69, 9.17) is 15.9 Å². The van der Waals surface area contributed by atoms with Crippen LogP contribution >= 0.6 is 12.6 Å². The number of nitrogens with two attached hydrogens (primary N) is 1. The van der Waals surface area contributed by atoms with Gasteiger partial charge >= 0.3 is 11.9 Å². The lowest BCUT2D eigenvalue weighted by atomic mass is 9.97. The molecule has 0 aliphatic rings. The number of carboxylic acid groups (broad SMARTS) is 2. The molecule has 0 rings (SSSR count). The second-order valence-corrected chi connectivity index (χ2v) is 8.21. The second-order valence-electron chi connectivity index (χ2n) is 7.85. The van der Waals surface area contributed by atoms with Crippen molar-refractivity contribution in [2.75, 3.05) is 5.75 Å². The first-order valence-electron chi connectivity index (χ1n) is 10.1. The summed E-state index contributed by atoms with van der Waals surface area (Å²) >= 11 is 4.08. The van der Waals surface area contributed by atoms with Gasteiger partial charge < -0.3 is 31.9 Å². The third kappa shape index (κ3) is 10.5. The predicted octanol–water partition coefficient (Wildman–Crippen LogP) is -0.651. The quantitative estimate of drug-likeness (QED) is 0.166. The number of rotatable bonds is 14. The fraction of sp³-hybridized carbons (Fsp3) is 0.737. The topological polar surface area (TPSA) is 188 Å². The van der Waals surface area contributed by atoms with Crippen molar-refractivity contribution in [3.63, 3.8) is 0 Å². The normalized spacial score (nSPS) is 15.8. The first-order valence-corrected chi connectivity index (χ1v) is 10.7. The molecule has 0 aromatic heterocycles. The van der Waals surface area contributed by atoms with Gasteiger partial charge in [-0.05, 0) is 18.3 Å². The summed E-state index contributed by atoms with van der Waals surface area (Å²) in [5.74, 6) is -5.24. The number of carboxylic acids is 2. The molecule has 5 unspecified atom stereocenters. The van der Waals surface area contributed by atoms with Gasteiger partial charge in [0, 0.05) is 5.75 Å². The third-order valence-electron chi connectivity index (χ3n) is 4.66. The average Bonchev–Trinajstić information content (AvgIpc) is 2.67. The Hall–Kier alpha value is -2.34. The minimum absolute atomic E-state index is 0.0580. The maximum absolute atomic E-state index is 12.7. The van der Waals surface area contributed by atoms with Crippen LogP contribution in [0.25, 0.3) is 0 Å². The molecule has 11 nitrogen and oxygen atoms in total. The zero-order valence-electron chi connectivity index (χ0n) is 18.3. The molecule has 0 heterocycles. The van der Waals surface area contributed by atoms with E-state index in [2.05, 4.69) is 28.6 Å². The van der Waals surface area contributed by atoms with Gasteiger partial charge in [-0.2, -0.15) is 12.6 Å². The molecule has 0 fully saturated rings. The predicted molar refractivity (Wildman–Crippen MR) is 116 cm³/mol. The average molecular weight is 463 g/mol. The summed E-state index contributed by atoms with van der Waals surface area (Å²) in [5.41, 5.74) is 5.83. The van der Waals surface area contributed by atoms with E-state index < -0.39 is 66.2 Å². The van der Waals surface area contributed by atoms with Gasteiger partial charge in [0.1, 0.15) is 18.1 Å². The second kappa shape index (κ2) is 13.9. The largest absolute Gasteiger partial charge is 0.481 e. The summed E-state index contributed by atoms with van der Waals surface area (Å²) in [6.45, 7) is 7.25. The van der Waals surface area contributed by atoms with Crippen molar-refractivity contribution < 1.29 is 34.2 Å². The Kier molecular flexibility index (Phi) is 12.8. The summed E-state index contributed by atoms with van der Waals surface area (Å²) in [4.78, 5) is 59.6. The van der Waals surface area contributed by atoms with Crippen molar-refractivity contribution in [3.8, 4) is 0 Å². The lowest BCUT2D eigenvalue weighted by Crippen LogP contribution is -2.59. The molecule has 31 heavy (non-hydrogen) atoms. The summed E-state index contributed by atoms with van der Waals surface area (Å²) < 4.78 is 0. The minimum atomic E-state index is -1.65. The molecule has 0 saturated heterocycles. The third-order valence-corrected chi connectivity index (χ3v) is 5.03. The van der Waals surface area contributed by atoms with Crippen LogP contribution in [0.5, 0.6) is 0 Å². The van der Waals surface area contributed by atoms with Crippen molar-refractivity contribution >= 4 is 42.3 Å². The molecule has 7 N–H and O–H groups in total. The van der Waals surface area contributed by atoms with Gasteiger partial charge in [-0.1, -0.05) is 34.1 Å². The molecular weight excluding hydrogens is 428 g/mol. The smallest absolute Gasteiger partial charge is 0.326 e. The van der Waals surface area contributed by atoms with E-state index >= 15 is 0 Å². The summed E-state index contributed by atoms with van der Waals surface area (Å²) in [5, 5.41) is 25.1. The maximum atomic E-state index is 12.7. The van der Waals surface area contributed by atoms with Gasteiger partial charge in [0.25, 0.3) is 0 Å². The SMILES string of the molecule is CCC(C)C(NC(=O)C(CS)NC(=O)C(N)CC(C)C)C(=O)NC(CC(=O)O)C(=O)O. The van der Waals surface area contributed by atoms with Crippen molar-refractivity contribution in [3.05, 3.63) is 0 Å². The fourth-order valence-electron chi connectivity index (χ4n) is 2.68. The van der Waals surface area contributed by atoms with E-state index in [1.807, 2.05) is 13.8 Å². The van der Waals surface area contributed by atoms with E-state index in [9.17, 15) is 24.0 Å². The lowest BCUT2D eigenvalue weighted by Gasteiger charge is -2.27. The number of nitrogens with one attached hydrogen (secondary N) is 3. The minimum Gasteiger partial charge on any atom is -0.481 e. The highest BCUT2D eigenvalue weighted by Crippen LogP contribution is 2.10. The zero-order chi connectivity index (χ0) is 24.3. The van der Waals surface area contributed by atoms with Crippen LogP contribution in [-0.4, -0.2) is 69.8 Å². The van der Waals surface area contributed by atoms with Crippen LogP contribution in [0.15, 0.2) is 0 Å². The zero-order valence-corrected chi connectivity index (χ0v) is 19.1. The number of hydrogen-bond donors (Lipinski definition) is 7. The Bertz CT molecular complexity index is 659. The molecule has 3 amide bonds. The number of hydrogen-bond acceptors (Lipinski definition) is 7. The van der Waals surface area contributed by atoms with Crippen LogP contribution in [-0.2, 0) is 24.0 Å². The van der Waals surface area contributed by atoms with Crippen molar-refractivity contribution in [2.24, 2.45) is 17.6 Å². The van der Waals surface area contributed by atoms with E-state index in [1.165, 1.54) is 0 Å². The summed E-state index contributed by atoms with van der Waals surface area (Å²) in [6.07, 6.45) is 0.0717.